The first-order valence-electron chi connectivity index (χ1n) is 9.21. The fourth-order valence-electron chi connectivity index (χ4n) is 2.99. The van der Waals surface area contributed by atoms with Gasteiger partial charge >= 0.3 is 13.1 Å². The number of phenolic OH excluding ortho intramolecular Hbond substituents is 1. The maximum Gasteiger partial charge on any atom is 0.494 e. The Morgan fingerprint density at radius 2 is 1.71 bits per heavy atom. The Labute approximate surface area is 164 Å². The third kappa shape index (κ3) is 3.77. The number of carbonyl (C=O) groups excluding carboxylic acids is 1. The molecule has 1 fully saturated rings. The van der Waals surface area contributed by atoms with Gasteiger partial charge < -0.3 is 19.2 Å². The zero-order chi connectivity index (χ0) is 20.7. The number of aromatic hydroxyl groups is 1. The average Bonchev–Trinajstić information content (AvgIpc) is 2.82. The molecule has 148 valence electrons. The SMILES string of the molecule is CCOC(=O)c1ccc(-c2cc(O)cc(B3OC(C)(C)C(C)(C)O3)c2)cc1F. The number of benzene rings is 2. The second kappa shape index (κ2) is 7.22. The van der Waals surface area contributed by atoms with E-state index in [2.05, 4.69) is 0 Å². The summed E-state index contributed by atoms with van der Waals surface area (Å²) < 4.78 is 31.3. The maximum atomic E-state index is 14.4. The largest absolute Gasteiger partial charge is 0.508 e. The molecule has 5 nitrogen and oxygen atoms in total. The van der Waals surface area contributed by atoms with E-state index in [1.807, 2.05) is 27.7 Å². The maximum absolute atomic E-state index is 14.4. The first-order chi connectivity index (χ1) is 13.0. The van der Waals surface area contributed by atoms with Crippen molar-refractivity contribution >= 4 is 18.6 Å². The number of phenols is 1. The van der Waals surface area contributed by atoms with E-state index in [0.29, 0.717) is 16.6 Å². The summed E-state index contributed by atoms with van der Waals surface area (Å²) in [5.74, 6) is -1.38. The molecule has 28 heavy (non-hydrogen) atoms. The van der Waals surface area contributed by atoms with Gasteiger partial charge in [-0.05, 0) is 75.5 Å². The Hall–Kier alpha value is -2.38. The van der Waals surface area contributed by atoms with Gasteiger partial charge in [0, 0.05) is 0 Å². The smallest absolute Gasteiger partial charge is 0.494 e. The lowest BCUT2D eigenvalue weighted by atomic mass is 9.77. The predicted octanol–water partition coefficient (Wildman–Crippen LogP) is 3.67. The summed E-state index contributed by atoms with van der Waals surface area (Å²) in [4.78, 5) is 11.8. The van der Waals surface area contributed by atoms with Gasteiger partial charge in [-0.2, -0.15) is 0 Å². The van der Waals surface area contributed by atoms with E-state index in [1.54, 1.807) is 25.1 Å². The third-order valence-corrected chi connectivity index (χ3v) is 5.26. The van der Waals surface area contributed by atoms with E-state index in [0.717, 1.165) is 0 Å². The number of carbonyl (C=O) groups is 1. The van der Waals surface area contributed by atoms with Crippen molar-refractivity contribution in [1.82, 2.24) is 0 Å². The molecule has 0 spiro atoms. The molecule has 0 aromatic heterocycles. The standard InChI is InChI=1S/C21H24BFO5/c1-6-26-19(25)17-8-7-13(11-18(17)23)14-9-15(12-16(24)10-14)22-27-20(2,3)21(4,5)28-22/h7-12,24H,6H2,1-5H3. The fourth-order valence-corrected chi connectivity index (χ4v) is 2.99. The molecule has 1 heterocycles. The highest BCUT2D eigenvalue weighted by Crippen LogP contribution is 2.37. The van der Waals surface area contributed by atoms with Crippen LogP contribution in [0.25, 0.3) is 11.1 Å². The topological polar surface area (TPSA) is 65.0 Å². The Morgan fingerprint density at radius 3 is 2.29 bits per heavy atom. The van der Waals surface area contributed by atoms with Crippen LogP contribution in [0.2, 0.25) is 0 Å². The molecule has 7 heteroatoms. The van der Waals surface area contributed by atoms with Gasteiger partial charge in [0.05, 0.1) is 23.4 Å². The molecule has 1 aliphatic rings. The Kier molecular flexibility index (Phi) is 5.25. The van der Waals surface area contributed by atoms with Crippen LogP contribution in [0.5, 0.6) is 5.75 Å². The van der Waals surface area contributed by atoms with Crippen molar-refractivity contribution in [3.63, 3.8) is 0 Å². The Bertz CT molecular complexity index is 894. The van der Waals surface area contributed by atoms with Crippen LogP contribution < -0.4 is 5.46 Å². The molecule has 0 bridgehead atoms. The summed E-state index contributed by atoms with van der Waals surface area (Å²) in [5.41, 5.74) is 0.562. The summed E-state index contributed by atoms with van der Waals surface area (Å²) in [6, 6.07) is 9.09. The van der Waals surface area contributed by atoms with Crippen LogP contribution >= 0.6 is 0 Å². The van der Waals surface area contributed by atoms with Crippen molar-refractivity contribution in [3.05, 3.63) is 47.8 Å². The van der Waals surface area contributed by atoms with Crippen LogP contribution in [0, 0.1) is 5.82 Å². The number of hydrogen-bond donors (Lipinski definition) is 1. The van der Waals surface area contributed by atoms with Crippen molar-refractivity contribution in [1.29, 1.82) is 0 Å². The molecule has 0 atom stereocenters. The van der Waals surface area contributed by atoms with Crippen LogP contribution in [0.15, 0.2) is 36.4 Å². The number of rotatable bonds is 4. The summed E-state index contributed by atoms with van der Waals surface area (Å²) in [7, 11) is -0.653. The highest BCUT2D eigenvalue weighted by molar-refractivity contribution is 6.62. The van der Waals surface area contributed by atoms with Crippen molar-refractivity contribution in [2.75, 3.05) is 6.61 Å². The Morgan fingerprint density at radius 1 is 1.07 bits per heavy atom. The summed E-state index contributed by atoms with van der Waals surface area (Å²) >= 11 is 0. The zero-order valence-corrected chi connectivity index (χ0v) is 16.7. The van der Waals surface area contributed by atoms with Crippen molar-refractivity contribution in [2.45, 2.75) is 45.8 Å². The normalized spacial score (nSPS) is 17.6. The molecular formula is C21H24BFO5. The molecule has 1 N–H and O–H groups in total. The van der Waals surface area contributed by atoms with Gasteiger partial charge in [0.1, 0.15) is 11.6 Å². The molecule has 3 rings (SSSR count). The van der Waals surface area contributed by atoms with Crippen LogP contribution in [0.1, 0.15) is 45.0 Å². The molecular weight excluding hydrogens is 362 g/mol. The molecule has 2 aromatic carbocycles. The van der Waals surface area contributed by atoms with Gasteiger partial charge in [-0.3, -0.25) is 0 Å². The highest BCUT2D eigenvalue weighted by Gasteiger charge is 2.51. The fraction of sp³-hybridized carbons (Fsp3) is 0.381. The minimum atomic E-state index is -0.708. The second-order valence-corrected chi connectivity index (χ2v) is 7.82. The van der Waals surface area contributed by atoms with E-state index >= 15 is 0 Å². The highest BCUT2D eigenvalue weighted by atomic mass is 19.1. The van der Waals surface area contributed by atoms with Gasteiger partial charge in [0.15, 0.2) is 0 Å². The lowest BCUT2D eigenvalue weighted by molar-refractivity contribution is 0.00578. The molecule has 0 saturated carbocycles. The van der Waals surface area contributed by atoms with Crippen LogP contribution in [0.4, 0.5) is 4.39 Å². The van der Waals surface area contributed by atoms with E-state index in [-0.39, 0.29) is 17.9 Å². The van der Waals surface area contributed by atoms with E-state index in [9.17, 15) is 14.3 Å². The molecule has 0 aliphatic carbocycles. The number of esters is 1. The quantitative estimate of drug-likeness (QED) is 0.642. The molecule has 1 saturated heterocycles. The lowest BCUT2D eigenvalue weighted by Crippen LogP contribution is -2.41. The summed E-state index contributed by atoms with van der Waals surface area (Å²) in [6.07, 6.45) is 0. The van der Waals surface area contributed by atoms with E-state index < -0.39 is 30.1 Å². The first-order valence-corrected chi connectivity index (χ1v) is 9.21. The van der Waals surface area contributed by atoms with E-state index in [4.69, 9.17) is 14.0 Å². The van der Waals surface area contributed by atoms with E-state index in [1.165, 1.54) is 18.2 Å². The van der Waals surface area contributed by atoms with Crippen molar-refractivity contribution in [2.24, 2.45) is 0 Å². The summed E-state index contributed by atoms with van der Waals surface area (Å²) in [6.45, 7) is 9.61. The number of halogens is 1. The molecule has 0 amide bonds. The van der Waals surface area contributed by atoms with Crippen molar-refractivity contribution in [3.8, 4) is 16.9 Å². The van der Waals surface area contributed by atoms with Crippen LogP contribution in [-0.2, 0) is 14.0 Å². The zero-order valence-electron chi connectivity index (χ0n) is 16.7. The average molecular weight is 386 g/mol. The lowest BCUT2D eigenvalue weighted by Gasteiger charge is -2.32. The number of ether oxygens (including phenoxy) is 1. The molecule has 0 unspecified atom stereocenters. The van der Waals surface area contributed by atoms with Crippen molar-refractivity contribution < 1.29 is 28.3 Å². The molecule has 2 aromatic rings. The van der Waals surface area contributed by atoms with Crippen LogP contribution in [0.3, 0.4) is 0 Å². The van der Waals surface area contributed by atoms with Crippen LogP contribution in [-0.4, -0.2) is 36.0 Å². The van der Waals surface area contributed by atoms with Gasteiger partial charge in [0.25, 0.3) is 0 Å². The minimum absolute atomic E-state index is 0.0112. The summed E-state index contributed by atoms with van der Waals surface area (Å²) in [5, 5.41) is 10.2. The molecule has 1 aliphatic heterocycles. The first kappa shape index (κ1) is 20.4. The second-order valence-electron chi connectivity index (χ2n) is 7.82. The van der Waals surface area contributed by atoms with Gasteiger partial charge in [0.2, 0.25) is 0 Å². The predicted molar refractivity (Wildman–Crippen MR) is 105 cm³/mol. The Balaban J connectivity index is 1.95. The molecule has 0 radical (unpaired) electrons. The van der Waals surface area contributed by atoms with Gasteiger partial charge in [-0.15, -0.1) is 0 Å². The minimum Gasteiger partial charge on any atom is -0.508 e. The third-order valence-electron chi connectivity index (χ3n) is 5.26. The monoisotopic (exact) mass is 386 g/mol. The number of hydrogen-bond acceptors (Lipinski definition) is 5. The van der Waals surface area contributed by atoms with Gasteiger partial charge in [-0.25, -0.2) is 9.18 Å². The van der Waals surface area contributed by atoms with Gasteiger partial charge in [-0.1, -0.05) is 12.1 Å².